The number of oxazole rings is 1. The lowest BCUT2D eigenvalue weighted by Crippen LogP contribution is -2.26. The van der Waals surface area contributed by atoms with Gasteiger partial charge in [0.1, 0.15) is 18.6 Å². The van der Waals surface area contributed by atoms with Crippen molar-refractivity contribution < 1.29 is 9.15 Å². The molecule has 0 atom stereocenters. The molecule has 0 bridgehead atoms. The standard InChI is InChI=1S/C41H36N4O2/c1-9-32(25-46-21-19-42)44-30(7)26(3)23-37-28(5)29(6)38(24-27(4)31(8)45-39(10-2)40-43-20-22-47-40)41(37)35-17-13-11-15-33(35)34-16-12-14-18-36(34)41/h9-24H,1-8,25,42H2/b21-19-,37-23+,38-24+,44-32?,45-39?. The maximum atomic E-state index is 5.43. The molecule has 2 aromatic carbocycles. The van der Waals surface area contributed by atoms with Crippen LogP contribution in [0.5, 0.6) is 0 Å². The number of rotatable bonds is 12. The Kier molecular flexibility index (Phi) is 9.15. The molecule has 1 saturated carbocycles. The van der Waals surface area contributed by atoms with E-state index < -0.39 is 5.41 Å². The molecular formula is C41H36N4O2. The molecule has 1 heterocycles. The maximum Gasteiger partial charge on any atom is 0.244 e. The highest BCUT2D eigenvalue weighted by Gasteiger charge is 2.54. The minimum atomic E-state index is -0.790. The van der Waals surface area contributed by atoms with E-state index in [0.717, 1.165) is 44.5 Å². The van der Waals surface area contributed by atoms with Crippen molar-refractivity contribution >= 4 is 11.4 Å². The lowest BCUT2D eigenvalue weighted by Gasteiger charge is -2.31. The molecule has 0 radical (unpaired) electrons. The Labute approximate surface area is 276 Å². The first-order valence-electron chi connectivity index (χ1n) is 14.8. The van der Waals surface area contributed by atoms with Crippen LogP contribution >= 0.6 is 0 Å². The molecule has 6 nitrogen and oxygen atoms in total. The van der Waals surface area contributed by atoms with Crippen LogP contribution in [0.4, 0.5) is 0 Å². The van der Waals surface area contributed by atoms with E-state index in [1.54, 1.807) is 18.3 Å². The second-order valence-electron chi connectivity index (χ2n) is 10.8. The Balaban J connectivity index is 1.69. The number of nitrogens with two attached hydrogens (primary N) is 1. The van der Waals surface area contributed by atoms with Crippen molar-refractivity contribution in [2.24, 2.45) is 15.7 Å². The Morgan fingerprint density at radius 2 is 1.38 bits per heavy atom. The first kappa shape index (κ1) is 32.1. The molecule has 232 valence electrons. The van der Waals surface area contributed by atoms with Crippen molar-refractivity contribution in [1.29, 1.82) is 0 Å². The van der Waals surface area contributed by atoms with Gasteiger partial charge in [-0.15, -0.1) is 0 Å². The normalized spacial score (nSPS) is 16.9. The van der Waals surface area contributed by atoms with E-state index in [0.29, 0.717) is 39.9 Å². The Morgan fingerprint density at radius 1 is 0.830 bits per heavy atom. The lowest BCUT2D eigenvalue weighted by molar-refractivity contribution is 0.302. The highest BCUT2D eigenvalue weighted by molar-refractivity contribution is 6.05. The predicted octanol–water partition coefficient (Wildman–Crippen LogP) is 8.81. The van der Waals surface area contributed by atoms with Crippen molar-refractivity contribution in [3.63, 3.8) is 0 Å². The summed E-state index contributed by atoms with van der Waals surface area (Å²) in [5, 5.41) is 0. The molecular weight excluding hydrogens is 580 g/mol. The van der Waals surface area contributed by atoms with Crippen molar-refractivity contribution in [2.75, 3.05) is 6.61 Å². The van der Waals surface area contributed by atoms with E-state index in [1.807, 2.05) is 36.4 Å². The smallest absolute Gasteiger partial charge is 0.244 e. The molecule has 6 heteroatoms. The number of hydrogen-bond donors (Lipinski definition) is 1. The molecule has 2 aliphatic carbocycles. The van der Waals surface area contributed by atoms with E-state index in [9.17, 15) is 0 Å². The van der Waals surface area contributed by atoms with Gasteiger partial charge in [-0.3, -0.25) is 0 Å². The summed E-state index contributed by atoms with van der Waals surface area (Å²) >= 11 is 0. The molecule has 0 unspecified atom stereocenters. The quantitative estimate of drug-likeness (QED) is 0.125. The van der Waals surface area contributed by atoms with Gasteiger partial charge in [-0.25, -0.2) is 15.0 Å². The van der Waals surface area contributed by atoms with E-state index in [-0.39, 0.29) is 6.61 Å². The Bertz CT molecular complexity index is 1980. The van der Waals surface area contributed by atoms with Gasteiger partial charge < -0.3 is 14.9 Å². The molecule has 1 fully saturated rings. The van der Waals surface area contributed by atoms with Gasteiger partial charge in [-0.1, -0.05) is 101 Å². The summed E-state index contributed by atoms with van der Waals surface area (Å²) < 4.78 is 10.8. The maximum absolute atomic E-state index is 5.43. The molecule has 0 aliphatic heterocycles. The topological polar surface area (TPSA) is 86.0 Å². The molecule has 2 N–H and O–H groups in total. The molecule has 47 heavy (non-hydrogen) atoms. The third kappa shape index (κ3) is 5.69. The number of fused-ring (bicyclic) bond motifs is 5. The van der Waals surface area contributed by atoms with Gasteiger partial charge in [0, 0.05) is 6.20 Å². The summed E-state index contributed by atoms with van der Waals surface area (Å²) in [4.78, 5) is 13.5. The summed E-state index contributed by atoms with van der Waals surface area (Å²) in [6, 6.07) is 16.7. The highest BCUT2D eigenvalue weighted by Crippen LogP contribution is 2.64. The molecule has 1 aromatic heterocycles. The van der Waals surface area contributed by atoms with E-state index in [1.165, 1.54) is 18.7 Å². The largest absolute Gasteiger partial charge is 0.493 e. The SMILES string of the molecule is C=CC(CO/C=C\N)=NC(=C)C(=C)/C=C1\C(=C)C(=C)/C(=C\C(=C)C(=C)N=C(C=C)c2ncco2)C12c1ccccc1-c1ccccc12. The third-order valence-corrected chi connectivity index (χ3v) is 8.17. The van der Waals surface area contributed by atoms with Crippen LogP contribution in [-0.4, -0.2) is 23.0 Å². The minimum absolute atomic E-state index is 0.180. The second-order valence-corrected chi connectivity index (χ2v) is 10.8. The van der Waals surface area contributed by atoms with Crippen LogP contribution in [0.1, 0.15) is 17.0 Å². The van der Waals surface area contributed by atoms with Gasteiger partial charge in [0.25, 0.3) is 0 Å². The molecule has 1 spiro atoms. The van der Waals surface area contributed by atoms with Gasteiger partial charge in [0.15, 0.2) is 0 Å². The van der Waals surface area contributed by atoms with Gasteiger partial charge >= 0.3 is 0 Å². The predicted molar refractivity (Wildman–Crippen MR) is 194 cm³/mol. The summed E-state index contributed by atoms with van der Waals surface area (Å²) in [6.07, 6.45) is 12.9. The Morgan fingerprint density at radius 3 is 1.87 bits per heavy atom. The minimum Gasteiger partial charge on any atom is -0.493 e. The second kappa shape index (κ2) is 13.4. The zero-order valence-electron chi connectivity index (χ0n) is 26.3. The summed E-state index contributed by atoms with van der Waals surface area (Å²) in [7, 11) is 0. The van der Waals surface area contributed by atoms with E-state index >= 15 is 0 Å². The van der Waals surface area contributed by atoms with Gasteiger partial charge in [0.2, 0.25) is 5.89 Å². The highest BCUT2D eigenvalue weighted by atomic mass is 16.5. The van der Waals surface area contributed by atoms with E-state index in [2.05, 4.69) is 91.9 Å². The van der Waals surface area contributed by atoms with Crippen molar-refractivity contribution in [3.05, 3.63) is 212 Å². The molecule has 0 amide bonds. The van der Waals surface area contributed by atoms with Crippen LogP contribution in [0.15, 0.2) is 210 Å². The average Bonchev–Trinajstić information content (AvgIpc) is 3.77. The summed E-state index contributed by atoms with van der Waals surface area (Å²) in [6.45, 7) is 34.1. The van der Waals surface area contributed by atoms with Crippen LogP contribution in [-0.2, 0) is 10.2 Å². The average molecular weight is 617 g/mol. The third-order valence-electron chi connectivity index (χ3n) is 8.17. The number of aromatic nitrogens is 1. The number of allylic oxidation sites excluding steroid dienone is 7. The van der Waals surface area contributed by atoms with Crippen LogP contribution < -0.4 is 5.73 Å². The van der Waals surface area contributed by atoms with Gasteiger partial charge in [-0.05, 0) is 80.0 Å². The van der Waals surface area contributed by atoms with E-state index in [4.69, 9.17) is 14.9 Å². The monoisotopic (exact) mass is 616 g/mol. The number of benzene rings is 2. The van der Waals surface area contributed by atoms with Crippen LogP contribution in [0, 0.1) is 0 Å². The first-order valence-corrected chi connectivity index (χ1v) is 14.8. The van der Waals surface area contributed by atoms with Crippen molar-refractivity contribution in [1.82, 2.24) is 4.98 Å². The first-order chi connectivity index (χ1) is 22.7. The fraction of sp³-hybridized carbons (Fsp3) is 0.0488. The van der Waals surface area contributed by atoms with Gasteiger partial charge in [0.05, 0.1) is 35.0 Å². The molecule has 5 rings (SSSR count). The van der Waals surface area contributed by atoms with Crippen LogP contribution in [0.2, 0.25) is 0 Å². The zero-order chi connectivity index (χ0) is 33.7. The summed E-state index contributed by atoms with van der Waals surface area (Å²) in [5.41, 5.74) is 15.4. The van der Waals surface area contributed by atoms with Crippen molar-refractivity contribution in [3.8, 4) is 11.1 Å². The molecule has 3 aromatic rings. The lowest BCUT2D eigenvalue weighted by atomic mass is 9.69. The number of aliphatic imine (C=N–C) groups is 2. The number of nitrogens with zero attached hydrogens (tertiary/aromatic N) is 3. The van der Waals surface area contributed by atoms with Crippen molar-refractivity contribution in [2.45, 2.75) is 5.41 Å². The van der Waals surface area contributed by atoms with Crippen LogP contribution in [0.25, 0.3) is 11.1 Å². The van der Waals surface area contributed by atoms with Gasteiger partial charge in [-0.2, -0.15) is 0 Å². The fourth-order valence-electron chi connectivity index (χ4n) is 5.96. The molecule has 0 saturated heterocycles. The zero-order valence-corrected chi connectivity index (χ0v) is 26.3. The molecule has 2 aliphatic rings. The Hall–Kier alpha value is -6.27. The number of hydrogen-bond acceptors (Lipinski definition) is 6. The fourth-order valence-corrected chi connectivity index (χ4v) is 5.96. The van der Waals surface area contributed by atoms with Crippen LogP contribution in [0.3, 0.4) is 0 Å². The number of ether oxygens (including phenoxy) is 1. The summed E-state index contributed by atoms with van der Waals surface area (Å²) in [5.74, 6) is 0.337.